The second-order valence-corrected chi connectivity index (χ2v) is 10.3. The fraction of sp³-hybridized carbons (Fsp3) is 0.154. The van der Waals surface area contributed by atoms with Crippen LogP contribution in [0.5, 0.6) is 11.5 Å². The zero-order chi connectivity index (χ0) is 25.8. The molecule has 1 saturated heterocycles. The first-order chi connectivity index (χ1) is 17.3. The normalized spacial score (nSPS) is 14.6. The average molecular weight is 611 g/mol. The maximum Gasteiger partial charge on any atom is 0.293 e. The van der Waals surface area contributed by atoms with Crippen molar-refractivity contribution in [1.82, 2.24) is 4.90 Å². The van der Waals surface area contributed by atoms with Gasteiger partial charge in [-0.15, -0.1) is 0 Å². The Bertz CT molecular complexity index is 1350. The molecule has 0 bridgehead atoms. The van der Waals surface area contributed by atoms with Gasteiger partial charge in [0.25, 0.3) is 11.1 Å². The van der Waals surface area contributed by atoms with Gasteiger partial charge in [0.1, 0.15) is 12.4 Å². The Kier molecular flexibility index (Phi) is 8.62. The first-order valence-corrected chi connectivity index (χ1v) is 13.2. The molecule has 3 aromatic rings. The summed E-state index contributed by atoms with van der Waals surface area (Å²) in [6.07, 6.45) is 1.58. The largest absolute Gasteiger partial charge is 0.490 e. The highest BCUT2D eigenvalue weighted by atomic mass is 79.9. The summed E-state index contributed by atoms with van der Waals surface area (Å²) in [6, 6.07) is 15.1. The van der Waals surface area contributed by atoms with Gasteiger partial charge in [-0.25, -0.2) is 4.39 Å². The molecule has 0 unspecified atom stereocenters. The fourth-order valence-corrected chi connectivity index (χ4v) is 5.29. The highest BCUT2D eigenvalue weighted by Gasteiger charge is 2.36. The van der Waals surface area contributed by atoms with Crippen molar-refractivity contribution in [2.24, 2.45) is 0 Å². The molecule has 3 aromatic carbocycles. The van der Waals surface area contributed by atoms with Crippen LogP contribution in [0.2, 0.25) is 10.0 Å². The quantitative estimate of drug-likeness (QED) is 0.241. The van der Waals surface area contributed by atoms with Crippen LogP contribution in [-0.4, -0.2) is 22.7 Å². The molecule has 4 rings (SSSR count). The van der Waals surface area contributed by atoms with E-state index < -0.39 is 17.0 Å². The third kappa shape index (κ3) is 5.89. The molecular weight excluding hydrogens is 592 g/mol. The summed E-state index contributed by atoms with van der Waals surface area (Å²) in [4.78, 5) is 26.7. The van der Waals surface area contributed by atoms with Gasteiger partial charge >= 0.3 is 0 Å². The fourth-order valence-electron chi connectivity index (χ4n) is 3.47. The standard InChI is InChI=1S/C26H19BrCl2FNO4S/c1-2-34-22-11-15(10-18(27)24(22)35-14-16-6-3-4-7-19(16)28)12-23-25(32)31(26(33)36-23)13-17-20(29)8-5-9-21(17)30/h3-12H,2,13-14H2,1H3. The summed E-state index contributed by atoms with van der Waals surface area (Å²) in [5, 5.41) is 0.237. The molecule has 1 aliphatic heterocycles. The van der Waals surface area contributed by atoms with Gasteiger partial charge in [-0.2, -0.15) is 0 Å². The number of halogens is 4. The predicted molar refractivity (Wildman–Crippen MR) is 144 cm³/mol. The first-order valence-electron chi connectivity index (χ1n) is 10.8. The van der Waals surface area contributed by atoms with Crippen molar-refractivity contribution in [2.45, 2.75) is 20.1 Å². The zero-order valence-electron chi connectivity index (χ0n) is 18.9. The van der Waals surface area contributed by atoms with Crippen molar-refractivity contribution < 1.29 is 23.5 Å². The molecule has 2 amide bonds. The van der Waals surface area contributed by atoms with Crippen LogP contribution < -0.4 is 9.47 Å². The lowest BCUT2D eigenvalue weighted by Gasteiger charge is -2.15. The van der Waals surface area contributed by atoms with Crippen LogP contribution in [0.1, 0.15) is 23.6 Å². The highest BCUT2D eigenvalue weighted by molar-refractivity contribution is 9.10. The molecule has 1 aliphatic rings. The molecule has 0 aliphatic carbocycles. The highest BCUT2D eigenvalue weighted by Crippen LogP contribution is 2.40. The third-order valence-corrected chi connectivity index (χ3v) is 7.43. The number of imide groups is 1. The van der Waals surface area contributed by atoms with E-state index in [1.165, 1.54) is 18.2 Å². The number of carbonyl (C=O) groups excluding carboxylic acids is 2. The molecular formula is C26H19BrCl2FNO4S. The van der Waals surface area contributed by atoms with E-state index in [1.807, 2.05) is 25.1 Å². The maximum atomic E-state index is 14.2. The molecule has 186 valence electrons. The lowest BCUT2D eigenvalue weighted by molar-refractivity contribution is -0.123. The van der Waals surface area contributed by atoms with E-state index in [0.717, 1.165) is 22.2 Å². The molecule has 0 spiro atoms. The summed E-state index contributed by atoms with van der Waals surface area (Å²) >= 11 is 16.6. The number of carbonyl (C=O) groups is 2. The molecule has 36 heavy (non-hydrogen) atoms. The summed E-state index contributed by atoms with van der Waals surface area (Å²) in [6.45, 7) is 2.21. The van der Waals surface area contributed by atoms with Gasteiger partial charge in [-0.05, 0) is 76.6 Å². The zero-order valence-corrected chi connectivity index (χ0v) is 22.8. The van der Waals surface area contributed by atoms with Gasteiger partial charge in [0.2, 0.25) is 0 Å². The maximum absolute atomic E-state index is 14.2. The van der Waals surface area contributed by atoms with Crippen molar-refractivity contribution in [1.29, 1.82) is 0 Å². The molecule has 0 aromatic heterocycles. The monoisotopic (exact) mass is 609 g/mol. The van der Waals surface area contributed by atoms with Gasteiger partial charge in [-0.1, -0.05) is 47.5 Å². The van der Waals surface area contributed by atoms with Crippen LogP contribution in [-0.2, 0) is 17.9 Å². The SMILES string of the molecule is CCOc1cc(C=C2SC(=O)N(Cc3c(F)cccc3Cl)C2=O)cc(Br)c1OCc1ccccc1Cl. The van der Waals surface area contributed by atoms with E-state index in [-0.39, 0.29) is 28.6 Å². The van der Waals surface area contributed by atoms with Crippen molar-refractivity contribution in [3.63, 3.8) is 0 Å². The Morgan fingerprint density at radius 2 is 1.81 bits per heavy atom. The van der Waals surface area contributed by atoms with Crippen molar-refractivity contribution in [2.75, 3.05) is 6.61 Å². The number of thioether (sulfide) groups is 1. The van der Waals surface area contributed by atoms with Crippen molar-refractivity contribution in [3.05, 3.63) is 96.5 Å². The van der Waals surface area contributed by atoms with Crippen molar-refractivity contribution in [3.8, 4) is 11.5 Å². The number of amides is 2. The average Bonchev–Trinajstić information content (AvgIpc) is 3.09. The van der Waals surface area contributed by atoms with E-state index in [2.05, 4.69) is 15.9 Å². The van der Waals surface area contributed by atoms with Crippen LogP contribution in [0.4, 0.5) is 9.18 Å². The number of hydrogen-bond acceptors (Lipinski definition) is 5. The van der Waals surface area contributed by atoms with Gasteiger partial charge in [0, 0.05) is 21.2 Å². The molecule has 0 atom stereocenters. The Morgan fingerprint density at radius 1 is 1.06 bits per heavy atom. The third-order valence-electron chi connectivity index (χ3n) is 5.21. The minimum absolute atomic E-state index is 0.0871. The smallest absolute Gasteiger partial charge is 0.293 e. The first kappa shape index (κ1) is 26.5. The predicted octanol–water partition coefficient (Wildman–Crippen LogP) is 8.11. The summed E-state index contributed by atoms with van der Waals surface area (Å²) in [5.74, 6) is -0.167. The Hall–Kier alpha value is -2.52. The van der Waals surface area contributed by atoms with Crippen LogP contribution in [0.3, 0.4) is 0 Å². The van der Waals surface area contributed by atoms with E-state index in [0.29, 0.717) is 33.2 Å². The molecule has 0 saturated carbocycles. The van der Waals surface area contributed by atoms with Crippen LogP contribution in [0.25, 0.3) is 6.08 Å². The van der Waals surface area contributed by atoms with Gasteiger partial charge in [0.15, 0.2) is 11.5 Å². The number of benzene rings is 3. The Balaban J connectivity index is 1.58. The minimum Gasteiger partial charge on any atom is -0.490 e. The molecule has 1 heterocycles. The second kappa shape index (κ2) is 11.7. The van der Waals surface area contributed by atoms with Gasteiger partial charge < -0.3 is 9.47 Å². The van der Waals surface area contributed by atoms with Crippen LogP contribution in [0.15, 0.2) is 64.0 Å². The Morgan fingerprint density at radius 3 is 2.53 bits per heavy atom. The van der Waals surface area contributed by atoms with Crippen LogP contribution in [0, 0.1) is 5.82 Å². The Labute approximate surface area is 230 Å². The molecule has 0 radical (unpaired) electrons. The minimum atomic E-state index is -0.580. The molecule has 10 heteroatoms. The van der Waals surface area contributed by atoms with Crippen molar-refractivity contribution >= 4 is 68.1 Å². The molecule has 5 nitrogen and oxygen atoms in total. The number of nitrogens with zero attached hydrogens (tertiary/aromatic N) is 1. The summed E-state index contributed by atoms with van der Waals surface area (Å²) < 4.78 is 26.6. The number of rotatable bonds is 8. The molecule has 0 N–H and O–H groups in total. The van der Waals surface area contributed by atoms with Gasteiger partial charge in [0.05, 0.1) is 22.5 Å². The second-order valence-electron chi connectivity index (χ2n) is 7.61. The van der Waals surface area contributed by atoms with Crippen LogP contribution >= 0.6 is 50.9 Å². The lowest BCUT2D eigenvalue weighted by Crippen LogP contribution is -2.28. The van der Waals surface area contributed by atoms with E-state index >= 15 is 0 Å². The van der Waals surface area contributed by atoms with Gasteiger partial charge in [-0.3, -0.25) is 14.5 Å². The van der Waals surface area contributed by atoms with E-state index in [4.69, 9.17) is 32.7 Å². The number of ether oxygens (including phenoxy) is 2. The number of hydrogen-bond donors (Lipinski definition) is 0. The summed E-state index contributed by atoms with van der Waals surface area (Å²) in [5.41, 5.74) is 1.52. The lowest BCUT2D eigenvalue weighted by atomic mass is 10.1. The van der Waals surface area contributed by atoms with E-state index in [9.17, 15) is 14.0 Å². The van der Waals surface area contributed by atoms with E-state index in [1.54, 1.807) is 24.3 Å². The topological polar surface area (TPSA) is 55.8 Å². The summed E-state index contributed by atoms with van der Waals surface area (Å²) in [7, 11) is 0. The molecule has 1 fully saturated rings.